The third-order valence-electron chi connectivity index (χ3n) is 7.16. The first-order chi connectivity index (χ1) is 11.3. The van der Waals surface area contributed by atoms with Crippen molar-refractivity contribution < 1.29 is 0 Å². The van der Waals surface area contributed by atoms with E-state index in [0.29, 0.717) is 5.41 Å². The van der Waals surface area contributed by atoms with Crippen molar-refractivity contribution in [2.24, 2.45) is 17.8 Å². The number of fused-ring (bicyclic) bond motifs is 3. The summed E-state index contributed by atoms with van der Waals surface area (Å²) in [6.45, 7) is 0. The zero-order valence-corrected chi connectivity index (χ0v) is 13.5. The first-order valence-corrected chi connectivity index (χ1v) is 9.30. The molecule has 0 saturated heterocycles. The van der Waals surface area contributed by atoms with E-state index in [4.69, 9.17) is 0 Å². The van der Waals surface area contributed by atoms with Gasteiger partial charge in [-0.15, -0.1) is 0 Å². The highest BCUT2D eigenvalue weighted by Crippen LogP contribution is 2.60. The van der Waals surface area contributed by atoms with Gasteiger partial charge < -0.3 is 4.98 Å². The Labute approximate surface area is 137 Å². The monoisotopic (exact) mass is 301 g/mol. The van der Waals surface area contributed by atoms with Gasteiger partial charge in [0.25, 0.3) is 0 Å². The molecule has 4 bridgehead atoms. The Bertz CT molecular complexity index is 881. The van der Waals surface area contributed by atoms with Crippen LogP contribution in [0.5, 0.6) is 0 Å². The molecule has 1 nitrogen and oxygen atoms in total. The lowest BCUT2D eigenvalue weighted by Gasteiger charge is -2.57. The second-order valence-corrected chi connectivity index (χ2v) is 8.63. The maximum absolute atomic E-state index is 3.58. The molecule has 1 heteroatoms. The van der Waals surface area contributed by atoms with Crippen LogP contribution in [0.25, 0.3) is 21.8 Å². The summed E-state index contributed by atoms with van der Waals surface area (Å²) in [7, 11) is 0. The topological polar surface area (TPSA) is 15.8 Å². The zero-order chi connectivity index (χ0) is 15.0. The van der Waals surface area contributed by atoms with Crippen molar-refractivity contribution in [3.05, 3.63) is 48.0 Å². The van der Waals surface area contributed by atoms with E-state index in [-0.39, 0.29) is 0 Å². The lowest BCUT2D eigenvalue weighted by Crippen LogP contribution is -2.48. The van der Waals surface area contributed by atoms with Crippen LogP contribution in [0.4, 0.5) is 0 Å². The van der Waals surface area contributed by atoms with Gasteiger partial charge in [0.15, 0.2) is 0 Å². The summed E-state index contributed by atoms with van der Waals surface area (Å²) in [5.74, 6) is 3.04. The Morgan fingerprint density at radius 3 is 2.13 bits per heavy atom. The number of rotatable bonds is 1. The van der Waals surface area contributed by atoms with Crippen molar-refractivity contribution in [3.63, 3.8) is 0 Å². The highest BCUT2D eigenvalue weighted by molar-refractivity contribution is 6.07. The van der Waals surface area contributed by atoms with Gasteiger partial charge in [0, 0.05) is 21.8 Å². The van der Waals surface area contributed by atoms with E-state index in [2.05, 4.69) is 47.4 Å². The minimum absolute atomic E-state index is 0.501. The van der Waals surface area contributed by atoms with Crippen LogP contribution in [0.1, 0.15) is 44.1 Å². The third kappa shape index (κ3) is 1.68. The molecule has 4 fully saturated rings. The average molecular weight is 301 g/mol. The molecule has 4 saturated carbocycles. The maximum Gasteiger partial charge on any atom is 0.0465 e. The molecule has 3 aromatic rings. The molecule has 0 amide bonds. The normalized spacial score (nSPS) is 35.4. The molecular formula is C22H23N. The largest absolute Gasteiger partial charge is 0.355 e. The van der Waals surface area contributed by atoms with Gasteiger partial charge in [0.1, 0.15) is 0 Å². The second-order valence-electron chi connectivity index (χ2n) is 8.63. The van der Waals surface area contributed by atoms with Crippen LogP contribution in [-0.2, 0) is 5.41 Å². The number of benzene rings is 2. The molecule has 0 spiro atoms. The Morgan fingerprint density at radius 2 is 1.39 bits per heavy atom. The second kappa shape index (κ2) is 4.20. The van der Waals surface area contributed by atoms with Gasteiger partial charge in [-0.1, -0.05) is 24.3 Å². The fourth-order valence-corrected chi connectivity index (χ4v) is 6.64. The average Bonchev–Trinajstić information content (AvgIpc) is 2.91. The van der Waals surface area contributed by atoms with Crippen molar-refractivity contribution in [2.75, 3.05) is 0 Å². The molecule has 0 radical (unpaired) electrons. The quantitative estimate of drug-likeness (QED) is 0.585. The molecule has 4 aliphatic rings. The van der Waals surface area contributed by atoms with Crippen molar-refractivity contribution in [1.82, 2.24) is 4.98 Å². The van der Waals surface area contributed by atoms with Crippen LogP contribution in [0.3, 0.4) is 0 Å². The first kappa shape index (κ1) is 12.6. The molecule has 7 rings (SSSR count). The summed E-state index contributed by atoms with van der Waals surface area (Å²) < 4.78 is 0. The number of aromatic amines is 1. The molecule has 4 aliphatic carbocycles. The van der Waals surface area contributed by atoms with Gasteiger partial charge in [-0.25, -0.2) is 0 Å². The molecule has 116 valence electrons. The number of nitrogens with one attached hydrogen (secondary N) is 1. The van der Waals surface area contributed by atoms with E-state index in [1.807, 2.05) is 0 Å². The first-order valence-electron chi connectivity index (χ1n) is 9.30. The van der Waals surface area contributed by atoms with Gasteiger partial charge in [0.2, 0.25) is 0 Å². The van der Waals surface area contributed by atoms with E-state index in [1.165, 1.54) is 60.3 Å². The Kier molecular flexibility index (Phi) is 2.31. The number of hydrogen-bond donors (Lipinski definition) is 1. The van der Waals surface area contributed by atoms with E-state index < -0.39 is 0 Å². The zero-order valence-electron chi connectivity index (χ0n) is 13.5. The minimum Gasteiger partial charge on any atom is -0.355 e. The van der Waals surface area contributed by atoms with E-state index >= 15 is 0 Å². The molecule has 0 aliphatic heterocycles. The third-order valence-corrected chi connectivity index (χ3v) is 7.16. The Morgan fingerprint density at radius 1 is 0.739 bits per heavy atom. The van der Waals surface area contributed by atoms with Crippen LogP contribution >= 0.6 is 0 Å². The molecule has 2 aromatic carbocycles. The fraction of sp³-hybridized carbons (Fsp3) is 0.455. The lowest BCUT2D eigenvalue weighted by molar-refractivity contribution is -0.00512. The molecule has 1 heterocycles. The van der Waals surface area contributed by atoms with Gasteiger partial charge in [-0.05, 0) is 85.5 Å². The fourth-order valence-electron chi connectivity index (χ4n) is 6.64. The molecule has 1 aromatic heterocycles. The molecule has 0 atom stereocenters. The molecule has 23 heavy (non-hydrogen) atoms. The maximum atomic E-state index is 3.58. The Balaban J connectivity index is 1.55. The summed E-state index contributed by atoms with van der Waals surface area (Å²) in [6.07, 6.45) is 8.92. The van der Waals surface area contributed by atoms with Crippen LogP contribution in [-0.4, -0.2) is 4.98 Å². The molecule has 0 unspecified atom stereocenters. The van der Waals surface area contributed by atoms with E-state index in [0.717, 1.165) is 17.8 Å². The van der Waals surface area contributed by atoms with Gasteiger partial charge in [0.05, 0.1) is 0 Å². The number of hydrogen-bond acceptors (Lipinski definition) is 0. The van der Waals surface area contributed by atoms with Crippen molar-refractivity contribution in [2.45, 2.75) is 43.9 Å². The van der Waals surface area contributed by atoms with E-state index in [1.54, 1.807) is 5.56 Å². The van der Waals surface area contributed by atoms with Crippen LogP contribution in [0, 0.1) is 17.8 Å². The molecule has 1 N–H and O–H groups in total. The summed E-state index contributed by atoms with van der Waals surface area (Å²) in [5.41, 5.74) is 4.69. The number of aromatic nitrogens is 1. The standard InChI is InChI=1S/C22H23N/c1-2-4-20-18(3-1)19-10-17(5-6-21(19)23-20)22-11-14-7-15(12-22)9-16(8-14)13-22/h1-6,10,14-16,23H,7-9,11-13H2. The van der Waals surface area contributed by atoms with Gasteiger partial charge in [-0.3, -0.25) is 0 Å². The van der Waals surface area contributed by atoms with Gasteiger partial charge >= 0.3 is 0 Å². The minimum atomic E-state index is 0.501. The highest BCUT2D eigenvalue weighted by atomic mass is 14.7. The van der Waals surface area contributed by atoms with Crippen molar-refractivity contribution >= 4 is 21.8 Å². The smallest absolute Gasteiger partial charge is 0.0465 e. The van der Waals surface area contributed by atoms with Crippen LogP contribution in [0.15, 0.2) is 42.5 Å². The van der Waals surface area contributed by atoms with Crippen molar-refractivity contribution in [1.29, 1.82) is 0 Å². The summed E-state index contributed by atoms with van der Waals surface area (Å²) in [5, 5.41) is 2.81. The summed E-state index contributed by atoms with van der Waals surface area (Å²) in [4.78, 5) is 3.58. The van der Waals surface area contributed by atoms with Crippen molar-refractivity contribution in [3.8, 4) is 0 Å². The Hall–Kier alpha value is -1.76. The van der Waals surface area contributed by atoms with E-state index in [9.17, 15) is 0 Å². The number of para-hydroxylation sites is 1. The lowest BCUT2D eigenvalue weighted by atomic mass is 9.48. The van der Waals surface area contributed by atoms with Crippen LogP contribution in [0.2, 0.25) is 0 Å². The predicted octanol–water partition coefficient (Wildman–Crippen LogP) is 5.79. The molecular weight excluding hydrogens is 278 g/mol. The number of H-pyrrole nitrogens is 1. The summed E-state index contributed by atoms with van der Waals surface area (Å²) >= 11 is 0. The SMILES string of the molecule is c1ccc2c(c1)[nH]c1ccc(C34CC5CC(CC(C5)C3)C4)cc12. The van der Waals surface area contributed by atoms with Gasteiger partial charge in [-0.2, -0.15) is 0 Å². The van der Waals surface area contributed by atoms with Crippen LogP contribution < -0.4 is 0 Å². The predicted molar refractivity (Wildman–Crippen MR) is 95.7 cm³/mol. The highest BCUT2D eigenvalue weighted by Gasteiger charge is 2.51. The summed E-state index contributed by atoms with van der Waals surface area (Å²) in [6, 6.07) is 16.0.